The number of piperazine rings is 1. The first-order chi connectivity index (χ1) is 12.1. The Morgan fingerprint density at radius 3 is 2.48 bits per heavy atom. The number of nitrogens with zero attached hydrogens (tertiary/aromatic N) is 2. The lowest BCUT2D eigenvalue weighted by Crippen LogP contribution is -2.46. The number of rotatable bonds is 7. The molecule has 3 nitrogen and oxygen atoms in total. The van der Waals surface area contributed by atoms with Crippen molar-refractivity contribution >= 4 is 6.08 Å². The van der Waals surface area contributed by atoms with Crippen LogP contribution in [0.4, 0.5) is 0 Å². The molecular formula is C22H34N2O. The number of hydrogen-bond acceptors (Lipinski definition) is 3. The van der Waals surface area contributed by atoms with Crippen LogP contribution in [-0.2, 0) is 6.54 Å². The van der Waals surface area contributed by atoms with Crippen molar-refractivity contribution in [3.05, 3.63) is 34.4 Å². The molecule has 2 fully saturated rings. The van der Waals surface area contributed by atoms with Crippen LogP contribution in [0.15, 0.2) is 12.1 Å². The fraction of sp³-hybridized carbons (Fsp3) is 0.636. The van der Waals surface area contributed by atoms with Gasteiger partial charge in [-0.1, -0.05) is 25.5 Å². The molecule has 1 aliphatic carbocycles. The van der Waals surface area contributed by atoms with Gasteiger partial charge in [-0.3, -0.25) is 9.80 Å². The Morgan fingerprint density at radius 2 is 1.88 bits per heavy atom. The average molecular weight is 343 g/mol. The van der Waals surface area contributed by atoms with Crippen LogP contribution in [0.2, 0.25) is 0 Å². The molecule has 1 aromatic carbocycles. The largest absolute Gasteiger partial charge is 0.496 e. The van der Waals surface area contributed by atoms with E-state index in [1.54, 1.807) is 7.11 Å². The van der Waals surface area contributed by atoms with Crippen molar-refractivity contribution in [1.82, 2.24) is 9.80 Å². The van der Waals surface area contributed by atoms with E-state index in [2.05, 4.69) is 48.8 Å². The van der Waals surface area contributed by atoms with E-state index in [-0.39, 0.29) is 0 Å². The zero-order valence-corrected chi connectivity index (χ0v) is 16.5. The van der Waals surface area contributed by atoms with E-state index in [1.807, 2.05) is 0 Å². The second-order valence-electron chi connectivity index (χ2n) is 7.65. The van der Waals surface area contributed by atoms with E-state index < -0.39 is 0 Å². The molecule has 0 N–H and O–H groups in total. The molecule has 0 atom stereocenters. The van der Waals surface area contributed by atoms with E-state index >= 15 is 0 Å². The maximum Gasteiger partial charge on any atom is 0.124 e. The van der Waals surface area contributed by atoms with Crippen molar-refractivity contribution in [2.24, 2.45) is 0 Å². The first-order valence-corrected chi connectivity index (χ1v) is 9.94. The summed E-state index contributed by atoms with van der Waals surface area (Å²) in [6.45, 7) is 12.4. The molecular weight excluding hydrogens is 308 g/mol. The molecule has 1 saturated carbocycles. The number of allylic oxidation sites excluding steroid dienone is 1. The Kier molecular flexibility index (Phi) is 6.19. The van der Waals surface area contributed by atoms with Crippen molar-refractivity contribution in [1.29, 1.82) is 0 Å². The van der Waals surface area contributed by atoms with Gasteiger partial charge in [0, 0.05) is 44.3 Å². The number of hydrogen-bond donors (Lipinski definition) is 0. The lowest BCUT2D eigenvalue weighted by molar-refractivity contribution is 0.120. The summed E-state index contributed by atoms with van der Waals surface area (Å²) in [5.74, 6) is 1.05. The van der Waals surface area contributed by atoms with E-state index in [0.29, 0.717) is 0 Å². The molecule has 3 rings (SSSR count). The van der Waals surface area contributed by atoms with Crippen LogP contribution in [0.25, 0.3) is 6.08 Å². The highest BCUT2D eigenvalue weighted by molar-refractivity contribution is 5.63. The first-order valence-electron chi connectivity index (χ1n) is 9.94. The summed E-state index contributed by atoms with van der Waals surface area (Å²) in [5.41, 5.74) is 5.43. The van der Waals surface area contributed by atoms with Gasteiger partial charge < -0.3 is 4.74 Å². The molecule has 1 aromatic rings. The maximum atomic E-state index is 5.77. The molecule has 0 spiro atoms. The number of aryl methyl sites for hydroxylation is 1. The van der Waals surface area contributed by atoms with Crippen LogP contribution >= 0.6 is 0 Å². The molecule has 0 radical (unpaired) electrons. The number of unbranched alkanes of at least 4 members (excludes halogenated alkanes) is 1. The molecule has 25 heavy (non-hydrogen) atoms. The fourth-order valence-electron chi connectivity index (χ4n) is 3.85. The van der Waals surface area contributed by atoms with Crippen molar-refractivity contribution in [2.75, 3.05) is 33.3 Å². The standard InChI is InChI=1S/C22H34N2O/c1-5-6-7-8-20-18(3)17(2)15-22(25-4)21(20)16-23-11-13-24(14-12-23)19-9-10-19/h7-8,15,19H,5-6,9-14,16H2,1-4H3/b8-7-. The van der Waals surface area contributed by atoms with Gasteiger partial charge >= 0.3 is 0 Å². The predicted octanol–water partition coefficient (Wildman–Crippen LogP) is 4.41. The van der Waals surface area contributed by atoms with E-state index in [9.17, 15) is 0 Å². The number of methoxy groups -OCH3 is 1. The molecule has 1 saturated heterocycles. The molecule has 1 heterocycles. The molecule has 2 aliphatic rings. The van der Waals surface area contributed by atoms with E-state index in [0.717, 1.165) is 24.8 Å². The minimum absolute atomic E-state index is 0.894. The van der Waals surface area contributed by atoms with Crippen LogP contribution in [0.1, 0.15) is 54.9 Å². The quantitative estimate of drug-likeness (QED) is 0.730. The summed E-state index contributed by atoms with van der Waals surface area (Å²) in [6.07, 6.45) is 9.79. The number of benzene rings is 1. The highest BCUT2D eigenvalue weighted by Crippen LogP contribution is 2.32. The first kappa shape index (κ1) is 18.5. The van der Waals surface area contributed by atoms with Gasteiger partial charge in [0.1, 0.15) is 5.75 Å². The second-order valence-corrected chi connectivity index (χ2v) is 7.65. The van der Waals surface area contributed by atoms with Crippen LogP contribution in [0.3, 0.4) is 0 Å². The SMILES string of the molecule is CCC/C=C\c1c(C)c(C)cc(OC)c1CN1CCN(C2CC2)CC1. The highest BCUT2D eigenvalue weighted by atomic mass is 16.5. The maximum absolute atomic E-state index is 5.77. The predicted molar refractivity (Wildman–Crippen MR) is 106 cm³/mol. The van der Waals surface area contributed by atoms with Crippen molar-refractivity contribution in [3.63, 3.8) is 0 Å². The molecule has 0 unspecified atom stereocenters. The third-order valence-corrected chi connectivity index (χ3v) is 5.78. The monoisotopic (exact) mass is 342 g/mol. The number of ether oxygens (including phenoxy) is 1. The molecule has 138 valence electrons. The van der Waals surface area contributed by atoms with Crippen LogP contribution in [-0.4, -0.2) is 49.1 Å². The zero-order valence-electron chi connectivity index (χ0n) is 16.5. The summed E-state index contributed by atoms with van der Waals surface area (Å²) in [6, 6.07) is 3.10. The molecule has 0 bridgehead atoms. The van der Waals surface area contributed by atoms with Gasteiger partial charge in [0.2, 0.25) is 0 Å². The highest BCUT2D eigenvalue weighted by Gasteiger charge is 2.31. The van der Waals surface area contributed by atoms with Crippen molar-refractivity contribution in [2.45, 2.75) is 59.0 Å². The Hall–Kier alpha value is -1.32. The molecule has 3 heteroatoms. The van der Waals surface area contributed by atoms with Crippen molar-refractivity contribution in [3.8, 4) is 5.75 Å². The van der Waals surface area contributed by atoms with Gasteiger partial charge in [-0.15, -0.1) is 0 Å². The smallest absolute Gasteiger partial charge is 0.124 e. The fourth-order valence-corrected chi connectivity index (χ4v) is 3.85. The van der Waals surface area contributed by atoms with E-state index in [1.165, 1.54) is 67.7 Å². The summed E-state index contributed by atoms with van der Waals surface area (Å²) >= 11 is 0. The van der Waals surface area contributed by atoms with Crippen molar-refractivity contribution < 1.29 is 4.74 Å². The summed E-state index contributed by atoms with van der Waals surface area (Å²) in [4.78, 5) is 5.28. The van der Waals surface area contributed by atoms with Crippen LogP contribution < -0.4 is 4.74 Å². The van der Waals surface area contributed by atoms with Gasteiger partial charge in [-0.2, -0.15) is 0 Å². The zero-order chi connectivity index (χ0) is 17.8. The molecule has 1 aliphatic heterocycles. The lowest BCUT2D eigenvalue weighted by Gasteiger charge is -2.35. The Morgan fingerprint density at radius 1 is 1.16 bits per heavy atom. The van der Waals surface area contributed by atoms with E-state index in [4.69, 9.17) is 4.74 Å². The minimum Gasteiger partial charge on any atom is -0.496 e. The second kappa shape index (κ2) is 8.37. The normalized spacial score (nSPS) is 19.7. The third kappa shape index (κ3) is 4.45. The topological polar surface area (TPSA) is 15.7 Å². The van der Waals surface area contributed by atoms with Crippen LogP contribution in [0, 0.1) is 13.8 Å². The average Bonchev–Trinajstić information content (AvgIpc) is 3.46. The summed E-state index contributed by atoms with van der Waals surface area (Å²) in [5, 5.41) is 0. The summed E-state index contributed by atoms with van der Waals surface area (Å²) in [7, 11) is 1.80. The molecule has 0 aromatic heterocycles. The van der Waals surface area contributed by atoms with Gasteiger partial charge in [-0.05, 0) is 55.9 Å². The third-order valence-electron chi connectivity index (χ3n) is 5.78. The Labute approximate surface area is 153 Å². The van der Waals surface area contributed by atoms with Gasteiger partial charge in [0.25, 0.3) is 0 Å². The van der Waals surface area contributed by atoms with Crippen LogP contribution in [0.5, 0.6) is 5.75 Å². The van der Waals surface area contributed by atoms with Gasteiger partial charge in [0.05, 0.1) is 7.11 Å². The Balaban J connectivity index is 1.79. The van der Waals surface area contributed by atoms with Gasteiger partial charge in [-0.25, -0.2) is 0 Å². The Bertz CT molecular complexity index is 611. The lowest BCUT2D eigenvalue weighted by atomic mass is 9.95. The minimum atomic E-state index is 0.894. The molecule has 0 amide bonds. The van der Waals surface area contributed by atoms with Gasteiger partial charge in [0.15, 0.2) is 0 Å². The summed E-state index contributed by atoms with van der Waals surface area (Å²) < 4.78 is 5.77.